The lowest BCUT2D eigenvalue weighted by Crippen LogP contribution is -2.05. The molecule has 1 aromatic heterocycles. The molecule has 0 saturated carbocycles. The Balaban J connectivity index is 2.49. The van der Waals surface area contributed by atoms with Crippen LogP contribution in [0.1, 0.15) is 17.6 Å². The lowest BCUT2D eigenvalue weighted by atomic mass is 10.7. The van der Waals surface area contributed by atoms with Crippen LogP contribution in [0, 0.1) is 0 Å². The van der Waals surface area contributed by atoms with Crippen molar-refractivity contribution in [3.8, 4) is 0 Å². The van der Waals surface area contributed by atoms with Gasteiger partial charge in [-0.25, -0.2) is 13.2 Å². The number of rotatable bonds is 6. The predicted molar refractivity (Wildman–Crippen MR) is 60.7 cm³/mol. The van der Waals surface area contributed by atoms with Crippen molar-refractivity contribution in [2.45, 2.75) is 12.1 Å². The lowest BCUT2D eigenvalue weighted by Gasteiger charge is -1.95. The van der Waals surface area contributed by atoms with E-state index in [0.717, 1.165) is 18.0 Å². The summed E-state index contributed by atoms with van der Waals surface area (Å²) in [4.78, 5) is 11.2. The molecule has 17 heavy (non-hydrogen) atoms. The van der Waals surface area contributed by atoms with Crippen molar-refractivity contribution in [2.24, 2.45) is 0 Å². The van der Waals surface area contributed by atoms with E-state index < -0.39 is 15.8 Å². The average molecular weight is 280 g/mol. The highest BCUT2D eigenvalue weighted by molar-refractivity contribution is 8.00. The summed E-state index contributed by atoms with van der Waals surface area (Å²) in [5.74, 6) is -0.610. The lowest BCUT2D eigenvalue weighted by molar-refractivity contribution is 0.0475. The minimum atomic E-state index is -3.01. The molecule has 0 N–H and O–H groups in total. The van der Waals surface area contributed by atoms with Gasteiger partial charge in [-0.2, -0.15) is 0 Å². The van der Waals surface area contributed by atoms with Gasteiger partial charge in [0.2, 0.25) is 0 Å². The van der Waals surface area contributed by atoms with E-state index in [-0.39, 0.29) is 23.5 Å². The Hall–Kier alpha value is -1.09. The Kier molecular flexibility index (Phi) is 4.94. The van der Waals surface area contributed by atoms with Crippen molar-refractivity contribution in [1.82, 2.24) is 10.2 Å². The van der Waals surface area contributed by atoms with Gasteiger partial charge in [0.15, 0.2) is 0 Å². The smallest absolute Gasteiger partial charge is 0.396 e. The summed E-state index contributed by atoms with van der Waals surface area (Å²) in [6.07, 6.45) is 1.14. The molecular weight excluding hydrogens is 268 g/mol. The van der Waals surface area contributed by atoms with E-state index >= 15 is 0 Å². The number of thioether (sulfide) groups is 1. The number of ether oxygens (including phenoxy) is 1. The number of hydrogen-bond acceptors (Lipinski definition) is 8. The number of hydrogen-bond donors (Lipinski definition) is 0. The quantitative estimate of drug-likeness (QED) is 0.544. The summed E-state index contributed by atoms with van der Waals surface area (Å²) in [5.41, 5.74) is 0. The van der Waals surface area contributed by atoms with Crippen LogP contribution in [-0.2, 0) is 14.6 Å². The third-order valence-corrected chi connectivity index (χ3v) is 3.56. The molecule has 1 heterocycles. The number of nitrogens with zero attached hydrogens (tertiary/aromatic N) is 2. The molecule has 0 radical (unpaired) electrons. The Labute approximate surface area is 103 Å². The van der Waals surface area contributed by atoms with E-state index in [9.17, 15) is 13.2 Å². The van der Waals surface area contributed by atoms with Crippen LogP contribution in [0.25, 0.3) is 0 Å². The molecule has 0 aliphatic heterocycles. The van der Waals surface area contributed by atoms with Crippen LogP contribution in [0.5, 0.6) is 0 Å². The zero-order valence-electron chi connectivity index (χ0n) is 9.37. The Bertz CT molecular complexity index is 482. The molecule has 1 rings (SSSR count). The second-order valence-electron chi connectivity index (χ2n) is 3.07. The van der Waals surface area contributed by atoms with Crippen molar-refractivity contribution in [2.75, 3.05) is 24.4 Å². The first-order valence-corrected chi connectivity index (χ1v) is 7.78. The molecule has 0 bridgehead atoms. The summed E-state index contributed by atoms with van der Waals surface area (Å²) in [5, 5.41) is 7.23. The SMILES string of the molecule is CCOC(=O)c1nnc(SCCS(C)(=O)=O)o1. The van der Waals surface area contributed by atoms with Crippen LogP contribution < -0.4 is 0 Å². The van der Waals surface area contributed by atoms with Gasteiger partial charge >= 0.3 is 11.9 Å². The highest BCUT2D eigenvalue weighted by Gasteiger charge is 2.16. The Morgan fingerprint density at radius 2 is 2.18 bits per heavy atom. The van der Waals surface area contributed by atoms with Gasteiger partial charge in [-0.15, -0.1) is 5.10 Å². The highest BCUT2D eigenvalue weighted by atomic mass is 32.2. The van der Waals surface area contributed by atoms with E-state index in [1.807, 2.05) is 0 Å². The fourth-order valence-corrected chi connectivity index (χ4v) is 2.78. The summed E-state index contributed by atoms with van der Waals surface area (Å²) in [7, 11) is -3.01. The first-order valence-electron chi connectivity index (χ1n) is 4.73. The summed E-state index contributed by atoms with van der Waals surface area (Å²) < 4.78 is 31.4. The van der Waals surface area contributed by atoms with Crippen LogP contribution in [0.4, 0.5) is 0 Å². The van der Waals surface area contributed by atoms with Crippen molar-refractivity contribution in [1.29, 1.82) is 0 Å². The number of carbonyl (C=O) groups excluding carboxylic acids is 1. The maximum Gasteiger partial charge on any atom is 0.396 e. The molecule has 0 aliphatic rings. The van der Waals surface area contributed by atoms with Gasteiger partial charge in [0.1, 0.15) is 9.84 Å². The largest absolute Gasteiger partial charge is 0.459 e. The first-order chi connectivity index (χ1) is 7.92. The summed E-state index contributed by atoms with van der Waals surface area (Å²) >= 11 is 1.08. The Morgan fingerprint density at radius 3 is 2.76 bits per heavy atom. The van der Waals surface area contributed by atoms with Crippen molar-refractivity contribution < 1.29 is 22.4 Å². The van der Waals surface area contributed by atoms with Crippen LogP contribution in [-0.4, -0.2) is 49.0 Å². The molecule has 0 saturated heterocycles. The molecule has 9 heteroatoms. The van der Waals surface area contributed by atoms with Crippen molar-refractivity contribution in [3.63, 3.8) is 0 Å². The summed E-state index contributed by atoms with van der Waals surface area (Å²) in [6, 6.07) is 0. The number of carbonyl (C=O) groups is 1. The molecule has 0 unspecified atom stereocenters. The molecule has 1 aromatic rings. The molecule has 0 fully saturated rings. The van der Waals surface area contributed by atoms with Crippen molar-refractivity contribution in [3.05, 3.63) is 5.89 Å². The van der Waals surface area contributed by atoms with Gasteiger partial charge in [-0.1, -0.05) is 16.9 Å². The number of esters is 1. The minimum Gasteiger partial charge on any atom is -0.459 e. The molecule has 0 aromatic carbocycles. The zero-order chi connectivity index (χ0) is 12.9. The fraction of sp³-hybridized carbons (Fsp3) is 0.625. The maximum absolute atomic E-state index is 11.2. The molecule has 7 nitrogen and oxygen atoms in total. The topological polar surface area (TPSA) is 99.4 Å². The second kappa shape index (κ2) is 6.01. The van der Waals surface area contributed by atoms with E-state index in [0.29, 0.717) is 5.75 Å². The standard InChI is InChI=1S/C8H12N2O5S2/c1-3-14-7(11)6-9-10-8(15-6)16-4-5-17(2,12)13/h3-5H2,1-2H3. The van der Waals surface area contributed by atoms with E-state index in [2.05, 4.69) is 14.9 Å². The van der Waals surface area contributed by atoms with Gasteiger partial charge in [-0.05, 0) is 6.92 Å². The second-order valence-corrected chi connectivity index (χ2v) is 6.38. The van der Waals surface area contributed by atoms with Gasteiger partial charge in [0.25, 0.3) is 5.22 Å². The predicted octanol–water partition coefficient (Wildman–Crippen LogP) is 0.383. The molecule has 0 spiro atoms. The molecular formula is C8H12N2O5S2. The van der Waals surface area contributed by atoms with Crippen LogP contribution in [0.15, 0.2) is 9.64 Å². The third-order valence-electron chi connectivity index (χ3n) is 1.54. The molecule has 0 atom stereocenters. The number of sulfone groups is 1. The van der Waals surface area contributed by atoms with E-state index in [4.69, 9.17) is 4.42 Å². The molecule has 96 valence electrons. The Morgan fingerprint density at radius 1 is 1.47 bits per heavy atom. The van der Waals surface area contributed by atoms with Crippen LogP contribution in [0.2, 0.25) is 0 Å². The minimum absolute atomic E-state index is 0.00872. The third kappa shape index (κ3) is 5.18. The van der Waals surface area contributed by atoms with Crippen LogP contribution >= 0.6 is 11.8 Å². The fourth-order valence-electron chi connectivity index (χ4n) is 0.824. The van der Waals surface area contributed by atoms with E-state index in [1.54, 1.807) is 6.92 Å². The first kappa shape index (κ1) is 14.0. The maximum atomic E-state index is 11.2. The van der Waals surface area contributed by atoms with Crippen LogP contribution in [0.3, 0.4) is 0 Å². The van der Waals surface area contributed by atoms with E-state index in [1.165, 1.54) is 0 Å². The highest BCUT2D eigenvalue weighted by Crippen LogP contribution is 2.16. The normalized spacial score (nSPS) is 11.4. The molecule has 0 aliphatic carbocycles. The van der Waals surface area contributed by atoms with Gasteiger partial charge in [-0.3, -0.25) is 0 Å². The van der Waals surface area contributed by atoms with Gasteiger partial charge in [0.05, 0.1) is 12.4 Å². The summed E-state index contributed by atoms with van der Waals surface area (Å²) in [6.45, 7) is 1.88. The van der Waals surface area contributed by atoms with Gasteiger partial charge in [0, 0.05) is 12.0 Å². The molecule has 0 amide bonds. The number of aromatic nitrogens is 2. The zero-order valence-corrected chi connectivity index (χ0v) is 11.0. The van der Waals surface area contributed by atoms with Crippen molar-refractivity contribution >= 4 is 27.6 Å². The average Bonchev–Trinajstić information content (AvgIpc) is 2.65. The van der Waals surface area contributed by atoms with Gasteiger partial charge < -0.3 is 9.15 Å². The monoisotopic (exact) mass is 280 g/mol.